The number of ether oxygens (including phenoxy) is 4. The highest BCUT2D eigenvalue weighted by molar-refractivity contribution is 7.93. The smallest absolute Gasteiger partial charge is 0.243 e. The Kier molecular flexibility index (Phi) is 7.65. The van der Waals surface area contributed by atoms with Gasteiger partial charge in [-0.2, -0.15) is 0 Å². The molecule has 0 amide bonds. The average Bonchev–Trinajstić information content (AvgIpc) is 3.27. The number of benzene rings is 1. The molecule has 4 rings (SSSR count). The molecule has 1 saturated carbocycles. The Morgan fingerprint density at radius 2 is 1.64 bits per heavy atom. The molecule has 1 aliphatic carbocycles. The SMILES string of the molecule is COc1cccc(-c2nnc(NS(=O)(=O)[C@@H](C)[C@H](OC)C3CCC3)n2-c2c(OC)cccc2OC)n1. The summed E-state index contributed by atoms with van der Waals surface area (Å²) in [4.78, 5) is 4.46. The number of pyridine rings is 1. The number of hydrogen-bond donors (Lipinski definition) is 1. The lowest BCUT2D eigenvalue weighted by Gasteiger charge is -2.35. The maximum Gasteiger partial charge on any atom is 0.243 e. The quantitative estimate of drug-likeness (QED) is 0.407. The number of para-hydroxylation sites is 1. The normalized spacial score (nSPS) is 15.6. The van der Waals surface area contributed by atoms with Gasteiger partial charge in [0.2, 0.25) is 21.9 Å². The monoisotopic (exact) mass is 517 g/mol. The topological polar surface area (TPSA) is 127 Å². The number of hydrogen-bond acceptors (Lipinski definition) is 9. The number of nitrogens with zero attached hydrogens (tertiary/aromatic N) is 4. The van der Waals surface area contributed by atoms with E-state index in [0.29, 0.717) is 28.8 Å². The molecule has 0 saturated heterocycles. The Morgan fingerprint density at radius 3 is 2.19 bits per heavy atom. The third-order valence-corrected chi connectivity index (χ3v) is 8.24. The molecule has 0 radical (unpaired) electrons. The molecule has 0 aliphatic heterocycles. The summed E-state index contributed by atoms with van der Waals surface area (Å²) in [6.45, 7) is 1.64. The van der Waals surface area contributed by atoms with Crippen molar-refractivity contribution < 1.29 is 27.4 Å². The lowest BCUT2D eigenvalue weighted by molar-refractivity contribution is 0.0194. The Labute approximate surface area is 210 Å². The maximum atomic E-state index is 13.5. The summed E-state index contributed by atoms with van der Waals surface area (Å²) in [6, 6.07) is 10.4. The van der Waals surface area contributed by atoms with E-state index < -0.39 is 21.4 Å². The molecule has 0 unspecified atom stereocenters. The first-order valence-electron chi connectivity index (χ1n) is 11.6. The Morgan fingerprint density at radius 1 is 0.972 bits per heavy atom. The molecule has 0 spiro atoms. The Hall–Kier alpha value is -3.38. The predicted molar refractivity (Wildman–Crippen MR) is 134 cm³/mol. The van der Waals surface area contributed by atoms with Crippen molar-refractivity contribution in [2.45, 2.75) is 37.5 Å². The van der Waals surface area contributed by atoms with Crippen LogP contribution in [0.1, 0.15) is 26.2 Å². The lowest BCUT2D eigenvalue weighted by atomic mass is 9.80. The molecule has 2 atom stereocenters. The van der Waals surface area contributed by atoms with Crippen LogP contribution >= 0.6 is 0 Å². The van der Waals surface area contributed by atoms with Gasteiger partial charge in [-0.3, -0.25) is 9.29 Å². The summed E-state index contributed by atoms with van der Waals surface area (Å²) in [5.41, 5.74) is 0.831. The number of methoxy groups -OCH3 is 4. The summed E-state index contributed by atoms with van der Waals surface area (Å²) in [7, 11) is 2.16. The first-order chi connectivity index (χ1) is 17.3. The molecule has 1 aliphatic rings. The molecule has 1 N–H and O–H groups in total. The zero-order valence-electron chi connectivity index (χ0n) is 21.0. The largest absolute Gasteiger partial charge is 0.494 e. The van der Waals surface area contributed by atoms with Crippen LogP contribution < -0.4 is 18.9 Å². The highest BCUT2D eigenvalue weighted by Gasteiger charge is 2.39. The highest BCUT2D eigenvalue weighted by atomic mass is 32.2. The van der Waals surface area contributed by atoms with E-state index in [0.717, 1.165) is 19.3 Å². The van der Waals surface area contributed by atoms with Crippen molar-refractivity contribution in [3.63, 3.8) is 0 Å². The second-order valence-corrected chi connectivity index (χ2v) is 10.5. The minimum Gasteiger partial charge on any atom is -0.494 e. The van der Waals surface area contributed by atoms with Crippen molar-refractivity contribution >= 4 is 16.0 Å². The molecule has 1 fully saturated rings. The summed E-state index contributed by atoms with van der Waals surface area (Å²) in [6.07, 6.45) is 2.52. The fourth-order valence-corrected chi connectivity index (χ4v) is 5.62. The van der Waals surface area contributed by atoms with Gasteiger partial charge in [0.15, 0.2) is 5.82 Å². The van der Waals surface area contributed by atoms with Crippen molar-refractivity contribution in [1.29, 1.82) is 0 Å². The third kappa shape index (κ3) is 4.82. The van der Waals surface area contributed by atoms with Crippen LogP contribution in [0.2, 0.25) is 0 Å². The van der Waals surface area contributed by atoms with Crippen LogP contribution in [0.3, 0.4) is 0 Å². The van der Waals surface area contributed by atoms with Crippen LogP contribution in [0.25, 0.3) is 17.2 Å². The van der Waals surface area contributed by atoms with E-state index in [2.05, 4.69) is 19.9 Å². The van der Waals surface area contributed by atoms with Crippen molar-refractivity contribution in [2.24, 2.45) is 5.92 Å². The van der Waals surface area contributed by atoms with Crippen molar-refractivity contribution in [3.8, 4) is 34.6 Å². The molecule has 0 bridgehead atoms. The van der Waals surface area contributed by atoms with E-state index in [1.54, 1.807) is 50.4 Å². The molecular formula is C24H31N5O6S. The Balaban J connectivity index is 1.85. The zero-order chi connectivity index (χ0) is 25.9. The van der Waals surface area contributed by atoms with Gasteiger partial charge < -0.3 is 18.9 Å². The number of anilines is 1. The number of aromatic nitrogens is 4. The Bertz CT molecular complexity index is 1290. The third-order valence-electron chi connectivity index (χ3n) is 6.52. The maximum absolute atomic E-state index is 13.5. The average molecular weight is 518 g/mol. The van der Waals surface area contributed by atoms with Gasteiger partial charge in [0.25, 0.3) is 0 Å². The van der Waals surface area contributed by atoms with Gasteiger partial charge >= 0.3 is 0 Å². The van der Waals surface area contributed by atoms with Gasteiger partial charge in [0.05, 0.1) is 27.4 Å². The van der Waals surface area contributed by atoms with Gasteiger partial charge in [0, 0.05) is 13.2 Å². The fourth-order valence-electron chi connectivity index (χ4n) is 4.37. The number of nitrogens with one attached hydrogen (secondary N) is 1. The van der Waals surface area contributed by atoms with E-state index >= 15 is 0 Å². The minimum absolute atomic E-state index is 0.0345. The van der Waals surface area contributed by atoms with Gasteiger partial charge in [-0.05, 0) is 43.9 Å². The summed E-state index contributed by atoms with van der Waals surface area (Å²) in [5, 5.41) is 7.66. The van der Waals surface area contributed by atoms with E-state index in [-0.39, 0.29) is 17.7 Å². The number of sulfonamides is 1. The summed E-state index contributed by atoms with van der Waals surface area (Å²) < 4.78 is 53.2. The predicted octanol–water partition coefficient (Wildman–Crippen LogP) is 3.30. The van der Waals surface area contributed by atoms with Gasteiger partial charge in [0.1, 0.15) is 28.1 Å². The second kappa shape index (κ2) is 10.7. The van der Waals surface area contributed by atoms with Crippen molar-refractivity contribution in [1.82, 2.24) is 19.7 Å². The van der Waals surface area contributed by atoms with E-state index in [1.807, 2.05) is 0 Å². The van der Waals surface area contributed by atoms with E-state index in [4.69, 9.17) is 18.9 Å². The van der Waals surface area contributed by atoms with E-state index in [9.17, 15) is 8.42 Å². The van der Waals surface area contributed by atoms with Crippen LogP contribution in [-0.4, -0.2) is 68.0 Å². The lowest BCUT2D eigenvalue weighted by Crippen LogP contribution is -2.43. The van der Waals surface area contributed by atoms with Gasteiger partial charge in [-0.15, -0.1) is 10.2 Å². The van der Waals surface area contributed by atoms with Crippen LogP contribution in [-0.2, 0) is 14.8 Å². The van der Waals surface area contributed by atoms with Crippen LogP contribution in [0.4, 0.5) is 5.95 Å². The number of rotatable bonds is 11. The van der Waals surface area contributed by atoms with Gasteiger partial charge in [-0.25, -0.2) is 13.4 Å². The van der Waals surface area contributed by atoms with Crippen LogP contribution in [0.5, 0.6) is 17.4 Å². The van der Waals surface area contributed by atoms with Gasteiger partial charge in [-0.1, -0.05) is 18.6 Å². The fraction of sp³-hybridized carbons (Fsp3) is 0.458. The van der Waals surface area contributed by atoms with Crippen molar-refractivity contribution in [3.05, 3.63) is 36.4 Å². The molecule has 3 aromatic rings. The van der Waals surface area contributed by atoms with E-state index in [1.165, 1.54) is 25.9 Å². The first-order valence-corrected chi connectivity index (χ1v) is 13.1. The molecule has 2 heterocycles. The minimum atomic E-state index is -3.92. The summed E-state index contributed by atoms with van der Waals surface area (Å²) >= 11 is 0. The zero-order valence-corrected chi connectivity index (χ0v) is 21.8. The highest BCUT2D eigenvalue weighted by Crippen LogP contribution is 2.38. The molecule has 11 nitrogen and oxygen atoms in total. The first kappa shape index (κ1) is 25.7. The molecular weight excluding hydrogens is 486 g/mol. The summed E-state index contributed by atoms with van der Waals surface area (Å²) in [5.74, 6) is 1.66. The molecule has 12 heteroatoms. The van der Waals surface area contributed by atoms with Crippen molar-refractivity contribution in [2.75, 3.05) is 33.2 Å². The van der Waals surface area contributed by atoms with Crippen LogP contribution in [0.15, 0.2) is 36.4 Å². The molecule has 194 valence electrons. The second-order valence-electron chi connectivity index (χ2n) is 8.50. The molecule has 36 heavy (non-hydrogen) atoms. The molecule has 1 aromatic carbocycles. The molecule has 2 aromatic heterocycles. The van der Waals surface area contributed by atoms with Crippen LogP contribution in [0, 0.1) is 5.92 Å². The standard InChI is InChI=1S/C24H31N5O6S/c1-15(22(35-5)16-9-6-10-16)36(30,31)28-24-27-26-23(17-11-7-14-20(25-17)34-4)29(24)21-18(32-2)12-8-13-19(21)33-3/h7-8,11-16,22H,6,9-10H2,1-5H3,(H,27,28)/t15-,22-/m0/s1.